The van der Waals surface area contributed by atoms with Gasteiger partial charge in [-0.1, -0.05) is 31.2 Å². The van der Waals surface area contributed by atoms with Crippen molar-refractivity contribution >= 4 is 5.91 Å². The number of ether oxygens (including phenoxy) is 1. The molecule has 26 heavy (non-hydrogen) atoms. The topological polar surface area (TPSA) is 61.8 Å². The van der Waals surface area contributed by atoms with Crippen molar-refractivity contribution in [1.82, 2.24) is 10.2 Å². The van der Waals surface area contributed by atoms with Gasteiger partial charge in [0.25, 0.3) is 0 Å². The number of hydrogen-bond donors (Lipinski definition) is 2. The Labute approximate surface area is 156 Å². The van der Waals surface area contributed by atoms with Crippen molar-refractivity contribution in [3.8, 4) is 0 Å². The molecular weight excluding hydrogens is 328 g/mol. The standard InChI is InChI=1S/C21H32N2O3/c1-4-17-7-5-6-8-18(17)15-23-12-9-21(10-13-23)19(25)20(3,11-14-26-21)22-16(2)24/h5-8,19,25H,4,9-15H2,1-3H3,(H,22,24)/t19-,20+/m0/s1. The van der Waals surface area contributed by atoms with E-state index in [0.717, 1.165) is 38.9 Å². The zero-order valence-electron chi connectivity index (χ0n) is 16.3. The van der Waals surface area contributed by atoms with Gasteiger partial charge in [-0.2, -0.15) is 0 Å². The van der Waals surface area contributed by atoms with Gasteiger partial charge in [0.2, 0.25) is 5.91 Å². The highest BCUT2D eigenvalue weighted by atomic mass is 16.5. The summed E-state index contributed by atoms with van der Waals surface area (Å²) in [6.45, 7) is 8.95. The maximum Gasteiger partial charge on any atom is 0.217 e. The number of likely N-dealkylation sites (tertiary alicyclic amines) is 1. The van der Waals surface area contributed by atoms with Crippen LogP contribution in [-0.4, -0.2) is 52.9 Å². The maximum atomic E-state index is 11.6. The van der Waals surface area contributed by atoms with Gasteiger partial charge in [0.05, 0.1) is 11.1 Å². The summed E-state index contributed by atoms with van der Waals surface area (Å²) in [6, 6.07) is 8.62. The average molecular weight is 360 g/mol. The Morgan fingerprint density at radius 1 is 1.27 bits per heavy atom. The van der Waals surface area contributed by atoms with Crippen molar-refractivity contribution in [3.63, 3.8) is 0 Å². The number of carbonyl (C=O) groups is 1. The van der Waals surface area contributed by atoms with Gasteiger partial charge in [0.15, 0.2) is 0 Å². The third-order valence-corrected chi connectivity index (χ3v) is 6.17. The van der Waals surface area contributed by atoms with Gasteiger partial charge in [0, 0.05) is 33.2 Å². The molecule has 5 nitrogen and oxygen atoms in total. The third kappa shape index (κ3) is 3.80. The summed E-state index contributed by atoms with van der Waals surface area (Å²) >= 11 is 0. The van der Waals surface area contributed by atoms with E-state index in [-0.39, 0.29) is 5.91 Å². The van der Waals surface area contributed by atoms with Gasteiger partial charge in [-0.05, 0) is 43.7 Å². The number of rotatable bonds is 4. The maximum absolute atomic E-state index is 11.6. The second kappa shape index (κ2) is 7.67. The predicted octanol–water partition coefficient (Wildman–Crippen LogP) is 2.26. The monoisotopic (exact) mass is 360 g/mol. The van der Waals surface area contributed by atoms with E-state index in [4.69, 9.17) is 4.74 Å². The second-order valence-electron chi connectivity index (χ2n) is 8.06. The van der Waals surface area contributed by atoms with Gasteiger partial charge in [-0.3, -0.25) is 9.69 Å². The minimum atomic E-state index is -0.683. The van der Waals surface area contributed by atoms with E-state index in [1.807, 2.05) is 6.92 Å². The lowest BCUT2D eigenvalue weighted by molar-refractivity contribution is -0.208. The third-order valence-electron chi connectivity index (χ3n) is 6.17. The highest BCUT2D eigenvalue weighted by molar-refractivity contribution is 5.74. The van der Waals surface area contributed by atoms with Crippen LogP contribution in [0.4, 0.5) is 0 Å². The number of aryl methyl sites for hydroxylation is 1. The summed E-state index contributed by atoms with van der Waals surface area (Å²) in [5, 5.41) is 14.0. The molecule has 1 spiro atoms. The van der Waals surface area contributed by atoms with Gasteiger partial charge in [0.1, 0.15) is 6.10 Å². The molecule has 2 heterocycles. The lowest BCUT2D eigenvalue weighted by atomic mass is 9.73. The predicted molar refractivity (Wildman–Crippen MR) is 102 cm³/mol. The van der Waals surface area contributed by atoms with Crippen LogP contribution < -0.4 is 5.32 Å². The van der Waals surface area contributed by atoms with Crippen molar-refractivity contribution in [2.45, 2.75) is 70.2 Å². The minimum absolute atomic E-state index is 0.0998. The van der Waals surface area contributed by atoms with Crippen LogP contribution in [0.5, 0.6) is 0 Å². The van der Waals surface area contributed by atoms with E-state index >= 15 is 0 Å². The van der Waals surface area contributed by atoms with Crippen LogP contribution in [0, 0.1) is 0 Å². The Bertz CT molecular complexity index is 640. The Hall–Kier alpha value is -1.43. The molecule has 2 fully saturated rings. The van der Waals surface area contributed by atoms with E-state index in [0.29, 0.717) is 13.0 Å². The summed E-state index contributed by atoms with van der Waals surface area (Å²) in [6.07, 6.45) is 2.58. The summed E-state index contributed by atoms with van der Waals surface area (Å²) in [7, 11) is 0. The van der Waals surface area contributed by atoms with Crippen LogP contribution in [-0.2, 0) is 22.5 Å². The van der Waals surface area contributed by atoms with Crippen molar-refractivity contribution in [1.29, 1.82) is 0 Å². The van der Waals surface area contributed by atoms with Gasteiger partial charge in [-0.15, -0.1) is 0 Å². The summed E-state index contributed by atoms with van der Waals surface area (Å²) in [5.74, 6) is -0.0998. The van der Waals surface area contributed by atoms with Crippen LogP contribution in [0.2, 0.25) is 0 Å². The molecule has 1 amide bonds. The molecule has 0 aromatic heterocycles. The lowest BCUT2D eigenvalue weighted by Crippen LogP contribution is -2.69. The van der Waals surface area contributed by atoms with Crippen LogP contribution in [0.15, 0.2) is 24.3 Å². The zero-order valence-corrected chi connectivity index (χ0v) is 16.3. The first-order valence-corrected chi connectivity index (χ1v) is 9.78. The van der Waals surface area contributed by atoms with Gasteiger partial charge >= 0.3 is 0 Å². The molecule has 2 aliphatic heterocycles. The van der Waals surface area contributed by atoms with Crippen molar-refractivity contribution in [2.24, 2.45) is 0 Å². The minimum Gasteiger partial charge on any atom is -0.388 e. The molecule has 0 radical (unpaired) electrons. The fourth-order valence-electron chi connectivity index (χ4n) is 4.60. The second-order valence-corrected chi connectivity index (χ2v) is 8.06. The fraction of sp³-hybridized carbons (Fsp3) is 0.667. The summed E-state index contributed by atoms with van der Waals surface area (Å²) in [5.41, 5.74) is 1.64. The fourth-order valence-corrected chi connectivity index (χ4v) is 4.60. The number of carbonyl (C=O) groups excluding carboxylic acids is 1. The van der Waals surface area contributed by atoms with Gasteiger partial charge in [-0.25, -0.2) is 0 Å². The highest BCUT2D eigenvalue weighted by Gasteiger charge is 2.53. The Balaban J connectivity index is 1.66. The molecule has 0 saturated carbocycles. The lowest BCUT2D eigenvalue weighted by Gasteiger charge is -2.53. The first kappa shape index (κ1) is 19.3. The van der Waals surface area contributed by atoms with Crippen molar-refractivity contribution in [2.75, 3.05) is 19.7 Å². The number of aliphatic hydroxyl groups is 1. The van der Waals surface area contributed by atoms with E-state index in [9.17, 15) is 9.90 Å². The van der Waals surface area contributed by atoms with Crippen molar-refractivity contribution in [3.05, 3.63) is 35.4 Å². The quantitative estimate of drug-likeness (QED) is 0.865. The average Bonchev–Trinajstić information content (AvgIpc) is 2.61. The number of piperidine rings is 1. The molecule has 2 N–H and O–H groups in total. The number of amides is 1. The molecule has 3 rings (SSSR count). The van der Waals surface area contributed by atoms with E-state index in [1.54, 1.807) is 0 Å². The smallest absolute Gasteiger partial charge is 0.217 e. The van der Waals surface area contributed by atoms with E-state index < -0.39 is 17.2 Å². The molecular formula is C21H32N2O3. The number of benzene rings is 1. The number of aliphatic hydroxyl groups excluding tert-OH is 1. The summed E-state index contributed by atoms with van der Waals surface area (Å²) < 4.78 is 6.11. The van der Waals surface area contributed by atoms with Crippen LogP contribution in [0.25, 0.3) is 0 Å². The Morgan fingerprint density at radius 2 is 1.92 bits per heavy atom. The molecule has 2 atom stereocenters. The van der Waals surface area contributed by atoms with Crippen molar-refractivity contribution < 1.29 is 14.6 Å². The highest BCUT2D eigenvalue weighted by Crippen LogP contribution is 2.40. The molecule has 1 aromatic carbocycles. The van der Waals surface area contributed by atoms with Gasteiger partial charge < -0.3 is 15.2 Å². The van der Waals surface area contributed by atoms with Crippen LogP contribution in [0.3, 0.4) is 0 Å². The Kier molecular flexibility index (Phi) is 5.70. The number of nitrogens with zero attached hydrogens (tertiary/aromatic N) is 1. The molecule has 1 aromatic rings. The normalized spacial score (nSPS) is 28.8. The molecule has 0 aliphatic carbocycles. The molecule has 0 bridgehead atoms. The Morgan fingerprint density at radius 3 is 2.54 bits per heavy atom. The van der Waals surface area contributed by atoms with E-state index in [2.05, 4.69) is 41.4 Å². The number of hydrogen-bond acceptors (Lipinski definition) is 4. The largest absolute Gasteiger partial charge is 0.388 e. The molecule has 2 aliphatic rings. The molecule has 5 heteroatoms. The van der Waals surface area contributed by atoms with E-state index in [1.165, 1.54) is 18.1 Å². The van der Waals surface area contributed by atoms with Crippen LogP contribution in [0.1, 0.15) is 51.2 Å². The molecule has 144 valence electrons. The summed E-state index contributed by atoms with van der Waals surface area (Å²) in [4.78, 5) is 14.0. The molecule has 2 saturated heterocycles. The first-order valence-electron chi connectivity index (χ1n) is 9.78. The first-order chi connectivity index (χ1) is 12.4. The van der Waals surface area contributed by atoms with Crippen LogP contribution >= 0.6 is 0 Å². The number of nitrogens with one attached hydrogen (secondary N) is 1. The SMILES string of the molecule is CCc1ccccc1CN1CCC2(CC1)OCC[C@@](C)(NC(C)=O)[C@@H]2O. The zero-order chi connectivity index (χ0) is 18.8. The molecule has 0 unspecified atom stereocenters.